The molecule has 0 heterocycles. The topological polar surface area (TPSA) is 0 Å². The van der Waals surface area contributed by atoms with E-state index in [0.29, 0.717) is 0 Å². The number of hydrogen-bond acceptors (Lipinski definition) is 0. The highest BCUT2D eigenvalue weighted by molar-refractivity contribution is 6.17. The Morgan fingerprint density at radius 3 is 1.47 bits per heavy atom. The summed E-state index contributed by atoms with van der Waals surface area (Å²) in [7, 11) is 0. The smallest absolute Gasteiger partial charge is 0.0798 e. The maximum absolute atomic E-state index is 5.93. The molecule has 0 N–H and O–H groups in total. The zero-order valence-electron chi connectivity index (χ0n) is 13.4. The zero-order chi connectivity index (χ0) is 13.7. The van der Waals surface area contributed by atoms with Crippen molar-refractivity contribution >= 4 is 11.6 Å². The van der Waals surface area contributed by atoms with Crippen molar-refractivity contribution in [3.05, 3.63) is 0 Å². The Kier molecular flexibility index (Phi) is 17.5. The maximum Gasteiger partial charge on any atom is 0.0798 e. The van der Waals surface area contributed by atoms with Gasteiger partial charge in [0.05, 0.1) is 26.2 Å². The second kappa shape index (κ2) is 15.1. The monoisotopic (exact) mass is 355 g/mol. The molecule has 3 heteroatoms. The summed E-state index contributed by atoms with van der Waals surface area (Å²) >= 11 is 5.93. The lowest BCUT2D eigenvalue weighted by Crippen LogP contribution is -3.00. The van der Waals surface area contributed by atoms with Gasteiger partial charge in [0.2, 0.25) is 0 Å². The van der Waals surface area contributed by atoms with Crippen molar-refractivity contribution < 1.29 is 21.5 Å². The molecule has 0 aliphatic rings. The van der Waals surface area contributed by atoms with Crippen LogP contribution < -0.4 is 17.0 Å². The van der Waals surface area contributed by atoms with Crippen molar-refractivity contribution in [3.8, 4) is 0 Å². The summed E-state index contributed by atoms with van der Waals surface area (Å²) in [6, 6.07) is 0. The quantitative estimate of drug-likeness (QED) is 0.270. The predicted molar refractivity (Wildman–Crippen MR) is 84.4 cm³/mol. The van der Waals surface area contributed by atoms with Crippen LogP contribution in [0.2, 0.25) is 0 Å². The van der Waals surface area contributed by atoms with E-state index in [0.717, 1.165) is 5.88 Å². The normalized spacial score (nSPS) is 11.4. The minimum Gasteiger partial charge on any atom is -1.00 e. The molecule has 0 atom stereocenters. The number of alkyl halides is 1. The van der Waals surface area contributed by atoms with Gasteiger partial charge in [-0.3, -0.25) is 0 Å². The third-order valence-corrected chi connectivity index (χ3v) is 4.24. The van der Waals surface area contributed by atoms with E-state index < -0.39 is 0 Å². The first-order valence-electron chi connectivity index (χ1n) is 8.15. The molecule has 0 aliphatic heterocycles. The standard InChI is InChI=1S/C16H35ClN.BrH/c1-4-7-10-15-18(13-8-5-2,14-9-6-3)16-11-12-17;/h4-16H2,1-3H3;1H/q+1;/p-1. The van der Waals surface area contributed by atoms with E-state index in [4.69, 9.17) is 11.6 Å². The van der Waals surface area contributed by atoms with Gasteiger partial charge in [0.1, 0.15) is 0 Å². The van der Waals surface area contributed by atoms with E-state index in [1.165, 1.54) is 82.0 Å². The molecule has 0 rings (SSSR count). The van der Waals surface area contributed by atoms with Gasteiger partial charge in [-0.15, -0.1) is 11.6 Å². The Bertz CT molecular complexity index is 154. The Labute approximate surface area is 137 Å². The number of unbranched alkanes of at least 4 members (excludes halogenated alkanes) is 4. The lowest BCUT2D eigenvalue weighted by molar-refractivity contribution is -0.928. The van der Waals surface area contributed by atoms with Crippen LogP contribution >= 0.6 is 11.6 Å². The van der Waals surface area contributed by atoms with Crippen molar-refractivity contribution in [1.29, 1.82) is 0 Å². The van der Waals surface area contributed by atoms with Gasteiger partial charge in [0.25, 0.3) is 0 Å². The van der Waals surface area contributed by atoms with Crippen molar-refractivity contribution in [2.45, 2.75) is 72.1 Å². The van der Waals surface area contributed by atoms with E-state index in [9.17, 15) is 0 Å². The van der Waals surface area contributed by atoms with Crippen LogP contribution in [-0.4, -0.2) is 36.5 Å². The molecule has 0 aliphatic carbocycles. The molecule has 0 unspecified atom stereocenters. The Hall–Kier alpha value is 0.730. The van der Waals surface area contributed by atoms with Crippen LogP contribution in [0.15, 0.2) is 0 Å². The van der Waals surface area contributed by atoms with E-state index in [-0.39, 0.29) is 17.0 Å². The molecule has 118 valence electrons. The van der Waals surface area contributed by atoms with Crippen LogP contribution in [0.4, 0.5) is 0 Å². The summed E-state index contributed by atoms with van der Waals surface area (Å²) in [4.78, 5) is 0. The molecular formula is C16H35BrClN. The molecule has 0 aromatic heterocycles. The molecule has 0 bridgehead atoms. The van der Waals surface area contributed by atoms with Crippen LogP contribution in [0.1, 0.15) is 72.1 Å². The van der Waals surface area contributed by atoms with Crippen LogP contribution in [0.3, 0.4) is 0 Å². The van der Waals surface area contributed by atoms with Gasteiger partial charge in [0, 0.05) is 12.3 Å². The van der Waals surface area contributed by atoms with Gasteiger partial charge < -0.3 is 21.5 Å². The minimum absolute atomic E-state index is 0. The van der Waals surface area contributed by atoms with E-state index in [1.807, 2.05) is 0 Å². The number of nitrogens with zero attached hydrogens (tertiary/aromatic N) is 1. The average molecular weight is 357 g/mol. The Morgan fingerprint density at radius 1 is 0.632 bits per heavy atom. The Balaban J connectivity index is 0. The summed E-state index contributed by atoms with van der Waals surface area (Å²) in [5.74, 6) is 0.825. The van der Waals surface area contributed by atoms with Crippen molar-refractivity contribution in [1.82, 2.24) is 0 Å². The summed E-state index contributed by atoms with van der Waals surface area (Å²) < 4.78 is 1.34. The maximum atomic E-state index is 5.93. The van der Waals surface area contributed by atoms with Crippen LogP contribution in [-0.2, 0) is 0 Å². The Morgan fingerprint density at radius 2 is 1.05 bits per heavy atom. The summed E-state index contributed by atoms with van der Waals surface area (Å²) in [6.07, 6.45) is 10.7. The number of rotatable bonds is 13. The predicted octanol–water partition coefficient (Wildman–Crippen LogP) is 2.23. The lowest BCUT2D eigenvalue weighted by Gasteiger charge is -2.39. The minimum atomic E-state index is 0. The highest BCUT2D eigenvalue weighted by atomic mass is 79.9. The fourth-order valence-corrected chi connectivity index (χ4v) is 2.87. The van der Waals surface area contributed by atoms with Crippen molar-refractivity contribution in [2.24, 2.45) is 0 Å². The highest BCUT2D eigenvalue weighted by Crippen LogP contribution is 2.16. The SMILES string of the molecule is CCCCC[N+](CCCC)(CCCC)CCCCl.[Br-]. The second-order valence-corrected chi connectivity index (χ2v) is 6.07. The summed E-state index contributed by atoms with van der Waals surface area (Å²) in [5.41, 5.74) is 0. The fourth-order valence-electron chi connectivity index (χ4n) is 2.75. The third kappa shape index (κ3) is 11.1. The molecule has 0 fully saturated rings. The molecule has 0 aromatic rings. The molecule has 0 spiro atoms. The molecule has 0 amide bonds. The summed E-state index contributed by atoms with van der Waals surface area (Å²) in [5, 5.41) is 0. The molecule has 0 saturated carbocycles. The van der Waals surface area contributed by atoms with Crippen LogP contribution in [0.5, 0.6) is 0 Å². The number of hydrogen-bond donors (Lipinski definition) is 0. The first-order valence-corrected chi connectivity index (χ1v) is 8.69. The first-order chi connectivity index (χ1) is 8.74. The van der Waals surface area contributed by atoms with Gasteiger partial charge in [-0.1, -0.05) is 40.0 Å². The van der Waals surface area contributed by atoms with Gasteiger partial charge in [0.15, 0.2) is 0 Å². The van der Waals surface area contributed by atoms with Gasteiger partial charge >= 0.3 is 0 Å². The molecule has 1 nitrogen and oxygen atoms in total. The second-order valence-electron chi connectivity index (χ2n) is 5.69. The fraction of sp³-hybridized carbons (Fsp3) is 1.00. The van der Waals surface area contributed by atoms with Crippen LogP contribution in [0.25, 0.3) is 0 Å². The van der Waals surface area contributed by atoms with Crippen LogP contribution in [0, 0.1) is 0 Å². The zero-order valence-corrected chi connectivity index (χ0v) is 15.7. The van der Waals surface area contributed by atoms with E-state index in [2.05, 4.69) is 20.8 Å². The van der Waals surface area contributed by atoms with Gasteiger partial charge in [-0.05, 0) is 25.7 Å². The van der Waals surface area contributed by atoms with Crippen molar-refractivity contribution in [3.63, 3.8) is 0 Å². The summed E-state index contributed by atoms with van der Waals surface area (Å²) in [6.45, 7) is 12.3. The molecule has 0 saturated heterocycles. The molecule has 0 radical (unpaired) electrons. The molecule has 0 aromatic carbocycles. The highest BCUT2D eigenvalue weighted by Gasteiger charge is 2.24. The lowest BCUT2D eigenvalue weighted by atomic mass is 10.1. The first kappa shape index (κ1) is 22.0. The average Bonchev–Trinajstić information content (AvgIpc) is 2.40. The number of halogens is 2. The van der Waals surface area contributed by atoms with Gasteiger partial charge in [-0.25, -0.2) is 0 Å². The third-order valence-electron chi connectivity index (χ3n) is 3.97. The molecular weight excluding hydrogens is 322 g/mol. The molecule has 19 heavy (non-hydrogen) atoms. The van der Waals surface area contributed by atoms with Crippen molar-refractivity contribution in [2.75, 3.05) is 32.1 Å². The number of quaternary nitrogens is 1. The van der Waals surface area contributed by atoms with Gasteiger partial charge in [-0.2, -0.15) is 0 Å². The largest absolute Gasteiger partial charge is 1.00 e. The van der Waals surface area contributed by atoms with E-state index in [1.54, 1.807) is 0 Å². The van der Waals surface area contributed by atoms with E-state index >= 15 is 0 Å².